The third kappa shape index (κ3) is 6.39. The summed E-state index contributed by atoms with van der Waals surface area (Å²) in [5.74, 6) is -0.181. The molecule has 0 unspecified atom stereocenters. The highest BCUT2D eigenvalue weighted by Gasteiger charge is 2.16. The number of urea groups is 1. The molecule has 0 spiro atoms. The number of nitro groups is 1. The number of nitrogens with one attached hydrogen (secondary N) is 2. The molecule has 0 radical (unpaired) electrons. The summed E-state index contributed by atoms with van der Waals surface area (Å²) in [6.07, 6.45) is 0.533. The third-order valence-electron chi connectivity index (χ3n) is 4.59. The number of amides is 3. The Balaban J connectivity index is 1.60. The number of nitro benzene ring substituents is 1. The van der Waals surface area contributed by atoms with Crippen molar-refractivity contribution in [2.24, 2.45) is 0 Å². The van der Waals surface area contributed by atoms with Gasteiger partial charge in [0.2, 0.25) is 0 Å². The maximum Gasteiger partial charge on any atom is 0.326 e. The zero-order valence-electron chi connectivity index (χ0n) is 17.0. The average Bonchev–Trinajstić information content (AvgIpc) is 2.80. The average molecular weight is 497 g/mol. The summed E-state index contributed by atoms with van der Waals surface area (Å²) >= 11 is 3.34. The molecule has 0 heterocycles. The number of non-ortho nitro benzene ring substituents is 1. The van der Waals surface area contributed by atoms with E-state index in [1.165, 1.54) is 24.3 Å². The molecule has 0 saturated heterocycles. The Morgan fingerprint density at radius 2 is 1.59 bits per heavy atom. The van der Waals surface area contributed by atoms with E-state index in [1.807, 2.05) is 30.3 Å². The predicted molar refractivity (Wildman–Crippen MR) is 127 cm³/mol. The van der Waals surface area contributed by atoms with Crippen LogP contribution in [0.4, 0.5) is 21.9 Å². The molecule has 3 rings (SSSR count). The van der Waals surface area contributed by atoms with Crippen molar-refractivity contribution >= 4 is 44.9 Å². The number of carbonyl (C=O) groups is 2. The van der Waals surface area contributed by atoms with E-state index in [2.05, 4.69) is 26.6 Å². The Morgan fingerprint density at radius 1 is 0.938 bits per heavy atom. The third-order valence-corrected chi connectivity index (χ3v) is 5.12. The van der Waals surface area contributed by atoms with E-state index < -0.39 is 4.92 Å². The van der Waals surface area contributed by atoms with Crippen LogP contribution in [0.5, 0.6) is 0 Å². The molecule has 0 aliphatic rings. The van der Waals surface area contributed by atoms with Gasteiger partial charge in [0.25, 0.3) is 11.6 Å². The van der Waals surface area contributed by atoms with E-state index in [-0.39, 0.29) is 17.6 Å². The van der Waals surface area contributed by atoms with E-state index in [0.29, 0.717) is 36.4 Å². The van der Waals surface area contributed by atoms with Gasteiger partial charge in [-0.3, -0.25) is 19.8 Å². The van der Waals surface area contributed by atoms with Crippen molar-refractivity contribution in [3.05, 3.63) is 99.0 Å². The van der Waals surface area contributed by atoms with Crippen LogP contribution in [0.15, 0.2) is 83.3 Å². The maximum atomic E-state index is 12.9. The Kier molecular flexibility index (Phi) is 7.93. The summed E-state index contributed by atoms with van der Waals surface area (Å²) < 4.78 is 0.895. The second-order valence-electron chi connectivity index (χ2n) is 6.84. The Bertz CT molecular complexity index is 1070. The number of carbonyl (C=O) groups excluding carboxylic acids is 2. The molecule has 3 aromatic carbocycles. The van der Waals surface area contributed by atoms with Gasteiger partial charge in [-0.1, -0.05) is 34.1 Å². The van der Waals surface area contributed by atoms with Crippen molar-refractivity contribution in [2.45, 2.75) is 6.42 Å². The fourth-order valence-electron chi connectivity index (χ4n) is 2.96. The first-order chi connectivity index (χ1) is 15.4. The minimum absolute atomic E-state index is 0.0515. The van der Waals surface area contributed by atoms with Crippen LogP contribution in [0, 0.1) is 10.1 Å². The van der Waals surface area contributed by atoms with Crippen LogP contribution < -0.4 is 15.5 Å². The zero-order chi connectivity index (χ0) is 22.9. The number of anilines is 2. The molecule has 2 N–H and O–H groups in total. The van der Waals surface area contributed by atoms with E-state index in [4.69, 9.17) is 0 Å². The van der Waals surface area contributed by atoms with Crippen molar-refractivity contribution in [3.63, 3.8) is 0 Å². The van der Waals surface area contributed by atoms with Crippen molar-refractivity contribution in [1.29, 1.82) is 0 Å². The van der Waals surface area contributed by atoms with Gasteiger partial charge in [0.05, 0.1) is 4.92 Å². The predicted octanol–water partition coefficient (Wildman–Crippen LogP) is 5.22. The number of para-hydroxylation sites is 1. The number of halogens is 1. The molecule has 164 valence electrons. The second-order valence-corrected chi connectivity index (χ2v) is 7.75. The molecule has 0 aromatic heterocycles. The van der Waals surface area contributed by atoms with Gasteiger partial charge in [0.15, 0.2) is 0 Å². The zero-order valence-corrected chi connectivity index (χ0v) is 18.6. The van der Waals surface area contributed by atoms with Crippen LogP contribution in [0.2, 0.25) is 0 Å². The van der Waals surface area contributed by atoms with Crippen LogP contribution in [-0.4, -0.2) is 30.0 Å². The quantitative estimate of drug-likeness (QED) is 0.253. The number of hydrogen-bond donors (Lipinski definition) is 2. The Morgan fingerprint density at radius 3 is 2.22 bits per heavy atom. The highest BCUT2D eigenvalue weighted by molar-refractivity contribution is 9.10. The largest absolute Gasteiger partial charge is 0.352 e. The van der Waals surface area contributed by atoms with Crippen LogP contribution in [0.1, 0.15) is 16.8 Å². The van der Waals surface area contributed by atoms with E-state index in [9.17, 15) is 19.7 Å². The molecular formula is C23H21BrN4O4. The van der Waals surface area contributed by atoms with Gasteiger partial charge in [-0.05, 0) is 55.0 Å². The van der Waals surface area contributed by atoms with Crippen molar-refractivity contribution < 1.29 is 14.5 Å². The first kappa shape index (κ1) is 23.0. The Labute approximate surface area is 193 Å². The molecule has 32 heavy (non-hydrogen) atoms. The summed E-state index contributed by atoms with van der Waals surface area (Å²) in [4.78, 5) is 37.0. The van der Waals surface area contributed by atoms with E-state index in [1.54, 1.807) is 29.2 Å². The molecule has 0 atom stereocenters. The highest BCUT2D eigenvalue weighted by Crippen LogP contribution is 2.19. The second kappa shape index (κ2) is 11.1. The molecule has 3 aromatic rings. The monoisotopic (exact) mass is 496 g/mol. The summed E-state index contributed by atoms with van der Waals surface area (Å²) in [6.45, 7) is 0.756. The number of rotatable bonds is 8. The van der Waals surface area contributed by atoms with Gasteiger partial charge >= 0.3 is 6.03 Å². The molecule has 3 amide bonds. The van der Waals surface area contributed by atoms with Crippen LogP contribution in [0.3, 0.4) is 0 Å². The summed E-state index contributed by atoms with van der Waals surface area (Å²) in [7, 11) is 0. The normalized spacial score (nSPS) is 10.3. The van der Waals surface area contributed by atoms with Crippen molar-refractivity contribution in [2.75, 3.05) is 23.3 Å². The fourth-order valence-corrected chi connectivity index (χ4v) is 3.22. The lowest BCUT2D eigenvalue weighted by atomic mass is 10.2. The lowest BCUT2D eigenvalue weighted by molar-refractivity contribution is -0.384. The van der Waals surface area contributed by atoms with Gasteiger partial charge in [0, 0.05) is 46.6 Å². The van der Waals surface area contributed by atoms with Gasteiger partial charge < -0.3 is 10.6 Å². The first-order valence-corrected chi connectivity index (χ1v) is 10.6. The van der Waals surface area contributed by atoms with Crippen LogP contribution >= 0.6 is 15.9 Å². The first-order valence-electron chi connectivity index (χ1n) is 9.86. The fraction of sp³-hybridized carbons (Fsp3) is 0.130. The van der Waals surface area contributed by atoms with Crippen LogP contribution in [0.25, 0.3) is 0 Å². The molecule has 0 aliphatic heterocycles. The molecule has 0 fully saturated rings. The minimum atomic E-state index is -0.496. The standard InChI is InChI=1S/C23H21BrN4O4/c24-18-9-7-17(8-10-18)22(29)25-15-4-16-27(20-5-2-1-3-6-20)23(30)26-19-11-13-21(14-12-19)28(31)32/h1-3,5-14H,4,15-16H2,(H,25,29)(H,26,30). The van der Waals surface area contributed by atoms with Crippen molar-refractivity contribution in [1.82, 2.24) is 5.32 Å². The molecule has 8 nitrogen and oxygen atoms in total. The van der Waals surface area contributed by atoms with Gasteiger partial charge in [-0.2, -0.15) is 0 Å². The smallest absolute Gasteiger partial charge is 0.326 e. The summed E-state index contributed by atoms with van der Waals surface area (Å²) in [6, 6.07) is 21.5. The molecule has 9 heteroatoms. The van der Waals surface area contributed by atoms with Gasteiger partial charge in [-0.25, -0.2) is 4.79 Å². The van der Waals surface area contributed by atoms with Gasteiger partial charge in [0.1, 0.15) is 0 Å². The number of nitrogens with zero attached hydrogens (tertiary/aromatic N) is 2. The summed E-state index contributed by atoms with van der Waals surface area (Å²) in [5, 5.41) is 16.4. The highest BCUT2D eigenvalue weighted by atomic mass is 79.9. The summed E-state index contributed by atoms with van der Waals surface area (Å²) in [5.41, 5.74) is 1.66. The van der Waals surface area contributed by atoms with E-state index in [0.717, 1.165) is 4.47 Å². The lowest BCUT2D eigenvalue weighted by Gasteiger charge is -2.23. The van der Waals surface area contributed by atoms with E-state index >= 15 is 0 Å². The Hall–Kier alpha value is -3.72. The number of benzene rings is 3. The maximum absolute atomic E-state index is 12.9. The van der Waals surface area contributed by atoms with Crippen LogP contribution in [-0.2, 0) is 0 Å². The minimum Gasteiger partial charge on any atom is -0.352 e. The molecular weight excluding hydrogens is 476 g/mol. The topological polar surface area (TPSA) is 105 Å². The lowest BCUT2D eigenvalue weighted by Crippen LogP contribution is -2.37. The van der Waals surface area contributed by atoms with Gasteiger partial charge in [-0.15, -0.1) is 0 Å². The number of hydrogen-bond acceptors (Lipinski definition) is 4. The molecule has 0 saturated carbocycles. The SMILES string of the molecule is O=C(NCCCN(C(=O)Nc1ccc([N+](=O)[O-])cc1)c1ccccc1)c1ccc(Br)cc1. The van der Waals surface area contributed by atoms with Crippen molar-refractivity contribution in [3.8, 4) is 0 Å². The molecule has 0 aliphatic carbocycles. The molecule has 0 bridgehead atoms.